The summed E-state index contributed by atoms with van der Waals surface area (Å²) in [6, 6.07) is 0. The molecule has 1 unspecified atom stereocenters. The molecule has 0 amide bonds. The van der Waals surface area contributed by atoms with E-state index < -0.39 is 0 Å². The third-order valence-corrected chi connectivity index (χ3v) is 1.34. The maximum atomic E-state index is 9.88. The fourth-order valence-corrected chi connectivity index (χ4v) is 0.781. The summed E-state index contributed by atoms with van der Waals surface area (Å²) in [7, 11) is 0. The number of allylic oxidation sites excluding steroid dienone is 1. The Morgan fingerprint density at radius 2 is 2.44 bits per heavy atom. The number of hydrogen-bond acceptors (Lipinski definition) is 1. The number of carbonyl (C=O) groups excluding carboxylic acids is 1. The zero-order valence-electron chi connectivity index (χ0n) is 5.89. The maximum Gasteiger partial charge on any atom is 0.198 e. The van der Waals surface area contributed by atoms with Gasteiger partial charge in [0.1, 0.15) is 0 Å². The molecule has 0 aliphatic carbocycles. The summed E-state index contributed by atoms with van der Waals surface area (Å²) >= 11 is 0. The molecular formula is C8H13O. The van der Waals surface area contributed by atoms with Crippen LogP contribution in [-0.2, 0) is 4.79 Å². The van der Waals surface area contributed by atoms with Crippen LogP contribution in [0.15, 0.2) is 12.7 Å². The minimum absolute atomic E-state index is 0.354. The molecule has 0 aromatic heterocycles. The Hall–Kier alpha value is -0.590. The van der Waals surface area contributed by atoms with Gasteiger partial charge >= 0.3 is 0 Å². The molecule has 51 valence electrons. The average molecular weight is 125 g/mol. The zero-order chi connectivity index (χ0) is 7.11. The van der Waals surface area contributed by atoms with E-state index in [2.05, 4.69) is 13.5 Å². The van der Waals surface area contributed by atoms with Crippen molar-refractivity contribution in [2.45, 2.75) is 26.2 Å². The minimum Gasteiger partial charge on any atom is -0.291 e. The first-order valence-corrected chi connectivity index (χ1v) is 3.32. The SMILES string of the molecule is C=CC(C[C]=O)CCC. The molecule has 0 saturated carbocycles. The molecule has 0 saturated heterocycles. The normalized spacial score (nSPS) is 12.6. The van der Waals surface area contributed by atoms with Gasteiger partial charge in [0.15, 0.2) is 6.29 Å². The summed E-state index contributed by atoms with van der Waals surface area (Å²) in [4.78, 5) is 9.88. The lowest BCUT2D eigenvalue weighted by Crippen LogP contribution is -1.94. The summed E-state index contributed by atoms with van der Waals surface area (Å²) < 4.78 is 0. The van der Waals surface area contributed by atoms with Crippen LogP contribution in [0, 0.1) is 5.92 Å². The molecule has 0 rings (SSSR count). The van der Waals surface area contributed by atoms with Gasteiger partial charge in [-0.25, -0.2) is 0 Å². The summed E-state index contributed by atoms with van der Waals surface area (Å²) in [5.74, 6) is 0.354. The predicted octanol–water partition coefficient (Wildman–Crippen LogP) is 2.09. The Kier molecular flexibility index (Phi) is 5.18. The Bertz CT molecular complexity index is 86.6. The van der Waals surface area contributed by atoms with Crippen molar-refractivity contribution in [1.82, 2.24) is 0 Å². The van der Waals surface area contributed by atoms with Gasteiger partial charge in [0.2, 0.25) is 0 Å². The summed E-state index contributed by atoms with van der Waals surface area (Å²) in [5, 5.41) is 0. The highest BCUT2D eigenvalue weighted by Gasteiger charge is 2.00. The lowest BCUT2D eigenvalue weighted by molar-refractivity contribution is 0.524. The van der Waals surface area contributed by atoms with E-state index in [-0.39, 0.29) is 0 Å². The molecule has 0 N–H and O–H groups in total. The van der Waals surface area contributed by atoms with Crippen LogP contribution in [0.25, 0.3) is 0 Å². The van der Waals surface area contributed by atoms with Gasteiger partial charge in [-0.2, -0.15) is 0 Å². The minimum atomic E-state index is 0.354. The van der Waals surface area contributed by atoms with E-state index in [4.69, 9.17) is 0 Å². The first kappa shape index (κ1) is 8.41. The second-order valence-corrected chi connectivity index (χ2v) is 2.13. The van der Waals surface area contributed by atoms with Gasteiger partial charge < -0.3 is 0 Å². The van der Waals surface area contributed by atoms with E-state index >= 15 is 0 Å². The van der Waals surface area contributed by atoms with Crippen molar-refractivity contribution < 1.29 is 4.79 Å². The van der Waals surface area contributed by atoms with Crippen LogP contribution in [0.4, 0.5) is 0 Å². The fraction of sp³-hybridized carbons (Fsp3) is 0.625. The highest BCUT2D eigenvalue weighted by atomic mass is 16.1. The number of hydrogen-bond donors (Lipinski definition) is 0. The quantitative estimate of drug-likeness (QED) is 0.514. The molecule has 0 heterocycles. The summed E-state index contributed by atoms with van der Waals surface area (Å²) in [6.07, 6.45) is 6.39. The lowest BCUT2D eigenvalue weighted by atomic mass is 10.0. The molecule has 1 nitrogen and oxygen atoms in total. The van der Waals surface area contributed by atoms with Crippen LogP contribution < -0.4 is 0 Å². The molecule has 0 aliphatic heterocycles. The van der Waals surface area contributed by atoms with Gasteiger partial charge in [-0.1, -0.05) is 19.4 Å². The fourth-order valence-electron chi connectivity index (χ4n) is 0.781. The van der Waals surface area contributed by atoms with E-state index in [1.165, 1.54) is 0 Å². The van der Waals surface area contributed by atoms with E-state index in [0.717, 1.165) is 12.8 Å². The monoisotopic (exact) mass is 125 g/mol. The predicted molar refractivity (Wildman–Crippen MR) is 38.9 cm³/mol. The van der Waals surface area contributed by atoms with Crippen molar-refractivity contribution in [2.75, 3.05) is 0 Å². The van der Waals surface area contributed by atoms with Gasteiger partial charge in [-0.3, -0.25) is 4.79 Å². The Balaban J connectivity index is 3.40. The largest absolute Gasteiger partial charge is 0.291 e. The molecule has 1 radical (unpaired) electrons. The molecule has 0 fully saturated rings. The van der Waals surface area contributed by atoms with Gasteiger partial charge in [0, 0.05) is 6.42 Å². The topological polar surface area (TPSA) is 17.1 Å². The molecule has 0 aromatic rings. The van der Waals surface area contributed by atoms with E-state index in [9.17, 15) is 4.79 Å². The highest BCUT2D eigenvalue weighted by Crippen LogP contribution is 2.09. The van der Waals surface area contributed by atoms with Gasteiger partial charge in [-0.05, 0) is 12.3 Å². The molecule has 0 aromatic carbocycles. The van der Waals surface area contributed by atoms with Crippen molar-refractivity contribution in [3.63, 3.8) is 0 Å². The van der Waals surface area contributed by atoms with Crippen molar-refractivity contribution in [3.05, 3.63) is 12.7 Å². The molecule has 1 atom stereocenters. The molecule has 1 heteroatoms. The Morgan fingerprint density at radius 3 is 2.78 bits per heavy atom. The Morgan fingerprint density at radius 1 is 1.78 bits per heavy atom. The van der Waals surface area contributed by atoms with E-state index in [0.29, 0.717) is 12.3 Å². The van der Waals surface area contributed by atoms with E-state index in [1.807, 2.05) is 12.4 Å². The van der Waals surface area contributed by atoms with Crippen molar-refractivity contribution in [1.29, 1.82) is 0 Å². The Labute approximate surface area is 56.8 Å². The van der Waals surface area contributed by atoms with Crippen LogP contribution in [0.3, 0.4) is 0 Å². The third kappa shape index (κ3) is 3.95. The second-order valence-electron chi connectivity index (χ2n) is 2.13. The van der Waals surface area contributed by atoms with Crippen molar-refractivity contribution in [2.24, 2.45) is 5.92 Å². The van der Waals surface area contributed by atoms with Crippen LogP contribution in [0.5, 0.6) is 0 Å². The van der Waals surface area contributed by atoms with E-state index in [1.54, 1.807) is 0 Å². The van der Waals surface area contributed by atoms with Gasteiger partial charge in [0.25, 0.3) is 0 Å². The first-order valence-electron chi connectivity index (χ1n) is 3.32. The van der Waals surface area contributed by atoms with Crippen molar-refractivity contribution >= 4 is 6.29 Å². The molecule has 9 heavy (non-hydrogen) atoms. The van der Waals surface area contributed by atoms with Gasteiger partial charge in [0.05, 0.1) is 0 Å². The molecule has 0 bridgehead atoms. The van der Waals surface area contributed by atoms with Crippen LogP contribution in [-0.4, -0.2) is 6.29 Å². The molecular weight excluding hydrogens is 112 g/mol. The third-order valence-electron chi connectivity index (χ3n) is 1.34. The smallest absolute Gasteiger partial charge is 0.198 e. The summed E-state index contributed by atoms with van der Waals surface area (Å²) in [5.41, 5.74) is 0. The van der Waals surface area contributed by atoms with Crippen LogP contribution in [0.2, 0.25) is 0 Å². The lowest BCUT2D eigenvalue weighted by Gasteiger charge is -2.03. The highest BCUT2D eigenvalue weighted by molar-refractivity contribution is 5.51. The molecule has 0 aliphatic rings. The first-order chi connectivity index (χ1) is 4.35. The van der Waals surface area contributed by atoms with Gasteiger partial charge in [-0.15, -0.1) is 6.58 Å². The maximum absolute atomic E-state index is 9.88. The molecule has 0 spiro atoms. The second kappa shape index (κ2) is 5.54. The average Bonchev–Trinajstić information content (AvgIpc) is 1.88. The standard InChI is InChI=1S/C8H13O/c1-3-5-8(4-2)6-7-9/h4,8H,2-3,5-6H2,1H3. The van der Waals surface area contributed by atoms with Crippen LogP contribution >= 0.6 is 0 Å². The van der Waals surface area contributed by atoms with Crippen molar-refractivity contribution in [3.8, 4) is 0 Å². The summed E-state index contributed by atoms with van der Waals surface area (Å²) in [6.45, 7) is 5.72. The number of rotatable bonds is 5. The van der Waals surface area contributed by atoms with Crippen LogP contribution in [0.1, 0.15) is 26.2 Å². The zero-order valence-corrected chi connectivity index (χ0v) is 5.89.